The Balaban J connectivity index is 1.49. The van der Waals surface area contributed by atoms with Gasteiger partial charge in [0.25, 0.3) is 0 Å². The van der Waals surface area contributed by atoms with Crippen LogP contribution in [0.1, 0.15) is 18.4 Å². The Hall–Kier alpha value is -2.04. The minimum Gasteiger partial charge on any atom is -0.497 e. The number of carbonyl (C=O) groups is 1. The Labute approximate surface area is 153 Å². The minimum atomic E-state index is 0.0669. The normalized spacial score (nSPS) is 15.8. The number of amides is 1. The predicted octanol–water partition coefficient (Wildman–Crippen LogP) is 4.20. The Morgan fingerprint density at radius 3 is 2.60 bits per heavy atom. The lowest BCUT2D eigenvalue weighted by molar-refractivity contribution is -0.121. The number of hydrogen-bond donors (Lipinski definition) is 1. The van der Waals surface area contributed by atoms with Gasteiger partial charge in [-0.1, -0.05) is 23.7 Å². The molecule has 1 aliphatic rings. The van der Waals surface area contributed by atoms with Gasteiger partial charge in [0.1, 0.15) is 5.75 Å². The van der Waals surface area contributed by atoms with E-state index in [4.69, 9.17) is 16.3 Å². The quantitative estimate of drug-likeness (QED) is 0.870. The van der Waals surface area contributed by atoms with Gasteiger partial charge in [0, 0.05) is 23.2 Å². The Morgan fingerprint density at radius 2 is 1.92 bits per heavy atom. The second-order valence-electron chi connectivity index (χ2n) is 6.40. The standard InChI is InChI=1S/C20H23ClN2O2/c1-25-19-4-2-3-15(13-19)14-23-11-9-16(10-12-23)20(24)22-18-7-5-17(21)6-8-18/h2-8,13,16H,9-12,14H2,1H3,(H,22,24). The van der Waals surface area contributed by atoms with Crippen LogP contribution in [-0.4, -0.2) is 31.0 Å². The Morgan fingerprint density at radius 1 is 1.20 bits per heavy atom. The molecule has 1 N–H and O–H groups in total. The first-order valence-corrected chi connectivity index (χ1v) is 8.93. The number of benzene rings is 2. The first-order valence-electron chi connectivity index (χ1n) is 8.56. The van der Waals surface area contributed by atoms with Crippen LogP contribution in [0.25, 0.3) is 0 Å². The molecule has 4 nitrogen and oxygen atoms in total. The first kappa shape index (κ1) is 17.8. The molecule has 1 aliphatic heterocycles. The molecule has 0 spiro atoms. The van der Waals surface area contributed by atoms with Crippen molar-refractivity contribution in [1.29, 1.82) is 0 Å². The summed E-state index contributed by atoms with van der Waals surface area (Å²) < 4.78 is 5.28. The van der Waals surface area contributed by atoms with Crippen molar-refractivity contribution in [2.75, 3.05) is 25.5 Å². The SMILES string of the molecule is COc1cccc(CN2CCC(C(=O)Nc3ccc(Cl)cc3)CC2)c1. The van der Waals surface area contributed by atoms with Gasteiger partial charge in [0.15, 0.2) is 0 Å². The Kier molecular flexibility index (Phi) is 5.95. The molecule has 5 heteroatoms. The van der Waals surface area contributed by atoms with Crippen LogP contribution in [0.2, 0.25) is 5.02 Å². The van der Waals surface area contributed by atoms with Gasteiger partial charge in [-0.2, -0.15) is 0 Å². The number of carbonyl (C=O) groups excluding carboxylic acids is 1. The second kappa shape index (κ2) is 8.37. The molecule has 3 rings (SSSR count). The van der Waals surface area contributed by atoms with Crippen LogP contribution in [-0.2, 0) is 11.3 Å². The predicted molar refractivity (Wildman–Crippen MR) is 101 cm³/mol. The first-order chi connectivity index (χ1) is 12.1. The summed E-state index contributed by atoms with van der Waals surface area (Å²) in [6, 6.07) is 15.4. The van der Waals surface area contributed by atoms with Crippen LogP contribution < -0.4 is 10.1 Å². The maximum atomic E-state index is 12.4. The van der Waals surface area contributed by atoms with E-state index in [0.717, 1.165) is 43.9 Å². The third-order valence-corrected chi connectivity index (χ3v) is 4.86. The largest absolute Gasteiger partial charge is 0.497 e. The molecule has 0 bridgehead atoms. The average Bonchev–Trinajstić information content (AvgIpc) is 2.64. The van der Waals surface area contributed by atoms with Gasteiger partial charge in [-0.15, -0.1) is 0 Å². The van der Waals surface area contributed by atoms with E-state index in [-0.39, 0.29) is 11.8 Å². The van der Waals surface area contributed by atoms with Gasteiger partial charge >= 0.3 is 0 Å². The summed E-state index contributed by atoms with van der Waals surface area (Å²) in [6.45, 7) is 2.74. The molecule has 0 unspecified atom stereocenters. The summed E-state index contributed by atoms with van der Waals surface area (Å²) in [7, 11) is 1.68. The zero-order valence-corrected chi connectivity index (χ0v) is 15.1. The zero-order chi connectivity index (χ0) is 17.6. The van der Waals surface area contributed by atoms with E-state index in [1.807, 2.05) is 24.3 Å². The van der Waals surface area contributed by atoms with E-state index in [1.54, 1.807) is 19.2 Å². The molecule has 1 amide bonds. The lowest BCUT2D eigenvalue weighted by atomic mass is 9.95. The number of piperidine rings is 1. The number of hydrogen-bond acceptors (Lipinski definition) is 3. The highest BCUT2D eigenvalue weighted by atomic mass is 35.5. The summed E-state index contributed by atoms with van der Waals surface area (Å²) in [5.74, 6) is 1.05. The number of likely N-dealkylation sites (tertiary alicyclic amines) is 1. The number of nitrogens with one attached hydrogen (secondary N) is 1. The van der Waals surface area contributed by atoms with Crippen molar-refractivity contribution in [1.82, 2.24) is 4.90 Å². The van der Waals surface area contributed by atoms with Gasteiger partial charge < -0.3 is 10.1 Å². The van der Waals surface area contributed by atoms with E-state index in [9.17, 15) is 4.79 Å². The molecule has 2 aromatic carbocycles. The summed E-state index contributed by atoms with van der Waals surface area (Å²) in [6.07, 6.45) is 1.76. The molecule has 0 aromatic heterocycles. The highest BCUT2D eigenvalue weighted by molar-refractivity contribution is 6.30. The van der Waals surface area contributed by atoms with Crippen molar-refractivity contribution < 1.29 is 9.53 Å². The fourth-order valence-electron chi connectivity index (χ4n) is 3.16. The number of rotatable bonds is 5. The van der Waals surface area contributed by atoms with Gasteiger partial charge in [0.2, 0.25) is 5.91 Å². The maximum absolute atomic E-state index is 12.4. The highest BCUT2D eigenvalue weighted by Gasteiger charge is 2.25. The molecule has 0 radical (unpaired) electrons. The van der Waals surface area contributed by atoms with Crippen LogP contribution in [0.5, 0.6) is 5.75 Å². The highest BCUT2D eigenvalue weighted by Crippen LogP contribution is 2.22. The third kappa shape index (κ3) is 4.97. The molecule has 0 saturated carbocycles. The molecule has 132 valence electrons. The minimum absolute atomic E-state index is 0.0669. The summed E-state index contributed by atoms with van der Waals surface area (Å²) in [5.41, 5.74) is 2.04. The lowest BCUT2D eigenvalue weighted by Crippen LogP contribution is -2.37. The number of nitrogens with zero attached hydrogens (tertiary/aromatic N) is 1. The third-order valence-electron chi connectivity index (χ3n) is 4.61. The van der Waals surface area contributed by atoms with E-state index in [0.29, 0.717) is 5.02 Å². The van der Waals surface area contributed by atoms with Crippen molar-refractivity contribution in [2.45, 2.75) is 19.4 Å². The molecule has 1 fully saturated rings. The Bertz CT molecular complexity index is 710. The van der Waals surface area contributed by atoms with Crippen LogP contribution in [0.3, 0.4) is 0 Å². The molecule has 0 aliphatic carbocycles. The van der Waals surface area contributed by atoms with Crippen LogP contribution in [0, 0.1) is 5.92 Å². The van der Waals surface area contributed by atoms with Crippen molar-refractivity contribution >= 4 is 23.2 Å². The van der Waals surface area contributed by atoms with Crippen LogP contribution in [0.4, 0.5) is 5.69 Å². The molecular formula is C20H23ClN2O2. The van der Waals surface area contributed by atoms with Crippen LogP contribution >= 0.6 is 11.6 Å². The average molecular weight is 359 g/mol. The van der Waals surface area contributed by atoms with Crippen molar-refractivity contribution in [3.05, 3.63) is 59.1 Å². The molecule has 1 saturated heterocycles. The summed E-state index contributed by atoms with van der Waals surface area (Å²) >= 11 is 5.87. The molecule has 1 heterocycles. The number of anilines is 1. The van der Waals surface area contributed by atoms with Gasteiger partial charge in [0.05, 0.1) is 7.11 Å². The number of halogens is 1. The van der Waals surface area contributed by atoms with E-state index in [1.165, 1.54) is 5.56 Å². The number of ether oxygens (including phenoxy) is 1. The molecular weight excluding hydrogens is 336 g/mol. The smallest absolute Gasteiger partial charge is 0.227 e. The topological polar surface area (TPSA) is 41.6 Å². The van der Waals surface area contributed by atoms with Gasteiger partial charge in [-0.05, 0) is 67.9 Å². The molecule has 2 aromatic rings. The van der Waals surface area contributed by atoms with Gasteiger partial charge in [-0.25, -0.2) is 0 Å². The summed E-state index contributed by atoms with van der Waals surface area (Å²) in [5, 5.41) is 3.66. The van der Waals surface area contributed by atoms with Crippen molar-refractivity contribution in [2.24, 2.45) is 5.92 Å². The fraction of sp³-hybridized carbons (Fsp3) is 0.350. The summed E-state index contributed by atoms with van der Waals surface area (Å²) in [4.78, 5) is 14.8. The van der Waals surface area contributed by atoms with E-state index in [2.05, 4.69) is 22.3 Å². The van der Waals surface area contributed by atoms with E-state index < -0.39 is 0 Å². The molecule has 25 heavy (non-hydrogen) atoms. The fourth-order valence-corrected chi connectivity index (χ4v) is 3.29. The molecule has 0 atom stereocenters. The maximum Gasteiger partial charge on any atom is 0.227 e. The van der Waals surface area contributed by atoms with Crippen molar-refractivity contribution in [3.8, 4) is 5.75 Å². The van der Waals surface area contributed by atoms with Crippen molar-refractivity contribution in [3.63, 3.8) is 0 Å². The second-order valence-corrected chi connectivity index (χ2v) is 6.83. The monoisotopic (exact) mass is 358 g/mol. The zero-order valence-electron chi connectivity index (χ0n) is 14.4. The lowest BCUT2D eigenvalue weighted by Gasteiger charge is -2.31. The number of methoxy groups -OCH3 is 1. The van der Waals surface area contributed by atoms with E-state index >= 15 is 0 Å². The van der Waals surface area contributed by atoms with Crippen LogP contribution in [0.15, 0.2) is 48.5 Å². The van der Waals surface area contributed by atoms with Gasteiger partial charge in [-0.3, -0.25) is 9.69 Å².